The van der Waals surface area contributed by atoms with Crippen LogP contribution in [0.2, 0.25) is 0 Å². The molecule has 1 fully saturated rings. The topological polar surface area (TPSA) is 41.0 Å². The van der Waals surface area contributed by atoms with Gasteiger partial charge in [0.2, 0.25) is 0 Å². The summed E-state index contributed by atoms with van der Waals surface area (Å²) in [7, 11) is 1.58. The maximum absolute atomic E-state index is 13.2. The Morgan fingerprint density at radius 1 is 1.20 bits per heavy atom. The number of hydrogen-bond donors (Lipinski definition) is 0. The van der Waals surface area contributed by atoms with Crippen LogP contribution in [0.15, 0.2) is 71.3 Å². The van der Waals surface area contributed by atoms with Gasteiger partial charge in [0, 0.05) is 43.3 Å². The number of hydrogen-bond acceptors (Lipinski definition) is 5. The van der Waals surface area contributed by atoms with Crippen molar-refractivity contribution in [2.45, 2.75) is 52.3 Å². The van der Waals surface area contributed by atoms with Crippen molar-refractivity contribution in [1.29, 1.82) is 0 Å². The Morgan fingerprint density at radius 2 is 1.89 bits per heavy atom. The zero-order chi connectivity index (χ0) is 25.4. The Balaban J connectivity index is 1.85. The number of methoxy groups -OCH3 is 1. The second kappa shape index (κ2) is 11.9. The van der Waals surface area contributed by atoms with Gasteiger partial charge in [0.05, 0.1) is 18.9 Å². The molecule has 0 saturated carbocycles. The van der Waals surface area contributed by atoms with Gasteiger partial charge in [-0.15, -0.1) is 0 Å². The van der Waals surface area contributed by atoms with Gasteiger partial charge in [0.15, 0.2) is 0 Å². The summed E-state index contributed by atoms with van der Waals surface area (Å²) in [5.41, 5.74) is 2.00. The number of aromatic nitrogens is 1. The van der Waals surface area contributed by atoms with Crippen LogP contribution in [-0.2, 0) is 6.18 Å². The van der Waals surface area contributed by atoms with Gasteiger partial charge in [-0.05, 0) is 69.5 Å². The van der Waals surface area contributed by atoms with E-state index < -0.39 is 11.7 Å². The van der Waals surface area contributed by atoms with Gasteiger partial charge < -0.3 is 14.5 Å². The quantitative estimate of drug-likeness (QED) is 0.377. The van der Waals surface area contributed by atoms with Crippen LogP contribution in [0.5, 0.6) is 5.75 Å². The van der Waals surface area contributed by atoms with Gasteiger partial charge in [-0.3, -0.25) is 4.98 Å². The van der Waals surface area contributed by atoms with Crippen molar-refractivity contribution in [2.75, 3.05) is 25.1 Å². The van der Waals surface area contributed by atoms with Crippen molar-refractivity contribution in [3.63, 3.8) is 0 Å². The Labute approximate surface area is 205 Å². The van der Waals surface area contributed by atoms with E-state index in [0.29, 0.717) is 11.4 Å². The zero-order valence-corrected chi connectivity index (χ0v) is 20.7. The van der Waals surface area contributed by atoms with E-state index in [1.54, 1.807) is 25.6 Å². The molecule has 2 heterocycles. The van der Waals surface area contributed by atoms with Gasteiger partial charge in [0.25, 0.3) is 0 Å². The standard InChI is InChI=1S/C27H33F3N4O/c1-5-20(3)11-16-32-26(6-2)33-17-13-23(14-18-33)34(24-19-31-15-12-25(24)35-4)22-9-7-21(8-10-22)27(28,29)30/h6-12,15-16,19,23H,5,13-14,17-18H2,1-4H3/b20-11+,26-6+,32-16-. The molecule has 0 aliphatic carbocycles. The van der Waals surface area contributed by atoms with E-state index in [1.165, 1.54) is 17.7 Å². The van der Waals surface area contributed by atoms with Crippen molar-refractivity contribution >= 4 is 17.6 Å². The largest absolute Gasteiger partial charge is 0.494 e. The second-order valence-electron chi connectivity index (χ2n) is 8.47. The van der Waals surface area contributed by atoms with Crippen LogP contribution < -0.4 is 9.64 Å². The van der Waals surface area contributed by atoms with E-state index in [4.69, 9.17) is 4.74 Å². The summed E-state index contributed by atoms with van der Waals surface area (Å²) in [6.45, 7) is 7.72. The third-order valence-corrected chi connectivity index (χ3v) is 6.25. The lowest BCUT2D eigenvalue weighted by molar-refractivity contribution is -0.137. The summed E-state index contributed by atoms with van der Waals surface area (Å²) >= 11 is 0. The van der Waals surface area contributed by atoms with Crippen molar-refractivity contribution in [3.8, 4) is 5.75 Å². The first-order chi connectivity index (χ1) is 16.8. The number of anilines is 2. The number of rotatable bonds is 8. The Hall–Kier alpha value is -3.29. The smallest absolute Gasteiger partial charge is 0.416 e. The Bertz CT molecular complexity index is 1050. The van der Waals surface area contributed by atoms with Crippen LogP contribution in [0.3, 0.4) is 0 Å². The minimum atomic E-state index is -4.38. The number of likely N-dealkylation sites (tertiary alicyclic amines) is 1. The molecule has 5 nitrogen and oxygen atoms in total. The number of ether oxygens (including phenoxy) is 1. The van der Waals surface area contributed by atoms with Gasteiger partial charge in [0.1, 0.15) is 17.3 Å². The molecule has 0 bridgehead atoms. The molecule has 188 valence electrons. The van der Waals surface area contributed by atoms with E-state index >= 15 is 0 Å². The molecule has 0 spiro atoms. The summed E-state index contributed by atoms with van der Waals surface area (Å²) in [6, 6.07) is 7.11. The summed E-state index contributed by atoms with van der Waals surface area (Å²) < 4.78 is 45.0. The van der Waals surface area contributed by atoms with Crippen molar-refractivity contribution in [2.24, 2.45) is 4.99 Å². The van der Waals surface area contributed by atoms with E-state index in [9.17, 15) is 13.2 Å². The lowest BCUT2D eigenvalue weighted by Gasteiger charge is -2.40. The molecule has 8 heteroatoms. The maximum atomic E-state index is 13.2. The van der Waals surface area contributed by atoms with Crippen LogP contribution in [0.4, 0.5) is 24.5 Å². The van der Waals surface area contributed by atoms with E-state index in [0.717, 1.165) is 56.0 Å². The molecule has 1 aliphatic rings. The Kier molecular flexibility index (Phi) is 8.95. The molecule has 2 aromatic rings. The molecule has 1 aromatic heterocycles. The first kappa shape index (κ1) is 26.3. The lowest BCUT2D eigenvalue weighted by Crippen LogP contribution is -2.42. The van der Waals surface area contributed by atoms with Crippen LogP contribution in [-0.4, -0.2) is 42.3 Å². The molecule has 0 amide bonds. The fraction of sp³-hybridized carbons (Fsp3) is 0.407. The molecule has 35 heavy (non-hydrogen) atoms. The number of benzene rings is 1. The number of alkyl halides is 3. The van der Waals surface area contributed by atoms with Crippen LogP contribution in [0.25, 0.3) is 0 Å². The molecular formula is C27H33F3N4O. The Morgan fingerprint density at radius 3 is 2.46 bits per heavy atom. The average molecular weight is 487 g/mol. The fourth-order valence-electron chi connectivity index (χ4n) is 4.14. The predicted octanol–water partition coefficient (Wildman–Crippen LogP) is 7.00. The van der Waals surface area contributed by atoms with E-state index in [-0.39, 0.29) is 6.04 Å². The van der Waals surface area contributed by atoms with Gasteiger partial charge in [-0.2, -0.15) is 13.2 Å². The highest BCUT2D eigenvalue weighted by molar-refractivity contribution is 5.73. The first-order valence-electron chi connectivity index (χ1n) is 11.8. The second-order valence-corrected chi connectivity index (χ2v) is 8.47. The molecular weight excluding hydrogens is 453 g/mol. The minimum absolute atomic E-state index is 0.0606. The summed E-state index contributed by atoms with van der Waals surface area (Å²) in [4.78, 5) is 13.2. The van der Waals surface area contributed by atoms with Crippen molar-refractivity contribution < 1.29 is 17.9 Å². The zero-order valence-electron chi connectivity index (χ0n) is 20.7. The van der Waals surface area contributed by atoms with Crippen LogP contribution in [0, 0.1) is 0 Å². The lowest BCUT2D eigenvalue weighted by atomic mass is 10.0. The highest BCUT2D eigenvalue weighted by Gasteiger charge is 2.32. The summed E-state index contributed by atoms with van der Waals surface area (Å²) in [6.07, 6.45) is 7.42. The molecule has 0 N–H and O–H groups in total. The van der Waals surface area contributed by atoms with Crippen LogP contribution in [0.1, 0.15) is 45.6 Å². The summed E-state index contributed by atoms with van der Waals surface area (Å²) in [5.74, 6) is 1.54. The number of piperidine rings is 1. The van der Waals surface area contributed by atoms with Gasteiger partial charge in [-0.1, -0.05) is 12.5 Å². The molecule has 0 atom stereocenters. The molecule has 1 aromatic carbocycles. The first-order valence-corrected chi connectivity index (χ1v) is 11.8. The van der Waals surface area contributed by atoms with Crippen LogP contribution >= 0.6 is 0 Å². The highest BCUT2D eigenvalue weighted by Crippen LogP contribution is 2.39. The number of allylic oxidation sites excluding steroid dienone is 3. The maximum Gasteiger partial charge on any atom is 0.416 e. The molecule has 1 aliphatic heterocycles. The third kappa shape index (κ3) is 6.65. The molecule has 0 unspecified atom stereocenters. The monoisotopic (exact) mass is 486 g/mol. The van der Waals surface area contributed by atoms with Crippen molar-refractivity contribution in [3.05, 3.63) is 71.8 Å². The fourth-order valence-corrected chi connectivity index (χ4v) is 4.14. The number of nitrogens with zero attached hydrogens (tertiary/aromatic N) is 4. The normalized spacial score (nSPS) is 16.1. The number of pyridine rings is 1. The van der Waals surface area contributed by atoms with Gasteiger partial charge in [-0.25, -0.2) is 4.99 Å². The predicted molar refractivity (Wildman–Crippen MR) is 135 cm³/mol. The van der Waals surface area contributed by atoms with Crippen molar-refractivity contribution in [1.82, 2.24) is 9.88 Å². The SMILES string of the molecule is C\C=C(/N=C\C=C(/C)CC)N1CCC(N(c2ccc(C(F)(F)F)cc2)c2cnccc2OC)CC1. The number of halogens is 3. The minimum Gasteiger partial charge on any atom is -0.494 e. The molecule has 3 rings (SSSR count). The molecule has 0 radical (unpaired) electrons. The summed E-state index contributed by atoms with van der Waals surface area (Å²) in [5, 5.41) is 0. The average Bonchev–Trinajstić information content (AvgIpc) is 2.87. The van der Waals surface area contributed by atoms with E-state index in [2.05, 4.69) is 33.6 Å². The van der Waals surface area contributed by atoms with E-state index in [1.807, 2.05) is 25.3 Å². The highest BCUT2D eigenvalue weighted by atomic mass is 19.4. The molecule has 1 saturated heterocycles. The third-order valence-electron chi connectivity index (χ3n) is 6.25. The number of aliphatic imine (C=N–C) groups is 1. The van der Waals surface area contributed by atoms with Gasteiger partial charge >= 0.3 is 6.18 Å².